The Morgan fingerprint density at radius 3 is 2.70 bits per heavy atom. The molecule has 1 heterocycles. The topological polar surface area (TPSA) is 30.9 Å². The molecule has 4 nitrogen and oxygen atoms in total. The van der Waals surface area contributed by atoms with Crippen molar-refractivity contribution in [2.24, 2.45) is 0 Å². The van der Waals surface area contributed by atoms with Gasteiger partial charge in [0.1, 0.15) is 13.0 Å². The molecule has 0 radical (unpaired) electrons. The van der Waals surface area contributed by atoms with E-state index in [1.54, 1.807) is 19.3 Å². The average Bonchev–Trinajstić information content (AvgIpc) is 1.88. The van der Waals surface area contributed by atoms with Crippen LogP contribution < -0.4 is 0 Å². The van der Waals surface area contributed by atoms with Gasteiger partial charge in [-0.3, -0.25) is 4.84 Å². The maximum Gasteiger partial charge on any atom is 0.148 e. The van der Waals surface area contributed by atoms with E-state index in [1.807, 2.05) is 0 Å². The number of hydrogen-bond acceptors (Lipinski definition) is 4. The number of ether oxygens (including phenoxy) is 2. The van der Waals surface area contributed by atoms with Crippen LogP contribution in [-0.2, 0) is 14.3 Å². The molecule has 1 atom stereocenters. The van der Waals surface area contributed by atoms with Crippen LogP contribution in [0.15, 0.2) is 0 Å². The molecule has 0 saturated carbocycles. The largest absolute Gasteiger partial charge is 0.359 e. The predicted molar refractivity (Wildman–Crippen MR) is 35.1 cm³/mol. The van der Waals surface area contributed by atoms with Gasteiger partial charge in [-0.2, -0.15) is 5.06 Å². The van der Waals surface area contributed by atoms with Gasteiger partial charge < -0.3 is 9.47 Å². The molecular formula is C6H13NO3. The van der Waals surface area contributed by atoms with E-state index >= 15 is 0 Å². The van der Waals surface area contributed by atoms with Crippen molar-refractivity contribution in [3.05, 3.63) is 0 Å². The van der Waals surface area contributed by atoms with Crippen LogP contribution in [0, 0.1) is 0 Å². The molecule has 1 saturated heterocycles. The van der Waals surface area contributed by atoms with E-state index in [2.05, 4.69) is 0 Å². The fourth-order valence-corrected chi connectivity index (χ4v) is 0.862. The van der Waals surface area contributed by atoms with Crippen LogP contribution >= 0.6 is 0 Å². The molecule has 0 spiro atoms. The lowest BCUT2D eigenvalue weighted by Gasteiger charge is -2.37. The summed E-state index contributed by atoms with van der Waals surface area (Å²) in [5, 5.41) is 1.78. The highest BCUT2D eigenvalue weighted by atomic mass is 16.7. The van der Waals surface area contributed by atoms with Crippen molar-refractivity contribution in [1.29, 1.82) is 0 Å². The maximum absolute atomic E-state index is 5.21. The second-order valence-corrected chi connectivity index (χ2v) is 2.14. The summed E-state index contributed by atoms with van der Waals surface area (Å²) < 4.78 is 9.95. The lowest BCUT2D eigenvalue weighted by atomic mass is 10.2. The van der Waals surface area contributed by atoms with E-state index in [0.717, 1.165) is 13.0 Å². The Hall–Kier alpha value is -0.160. The molecule has 0 aliphatic carbocycles. The highest BCUT2D eigenvalue weighted by Gasteiger charge is 2.28. The fraction of sp³-hybridized carbons (Fsp3) is 1.00. The zero-order valence-electron chi connectivity index (χ0n) is 6.37. The summed E-state index contributed by atoms with van der Waals surface area (Å²) in [5.41, 5.74) is 0. The van der Waals surface area contributed by atoms with E-state index in [4.69, 9.17) is 14.3 Å². The van der Waals surface area contributed by atoms with Crippen LogP contribution in [0.25, 0.3) is 0 Å². The van der Waals surface area contributed by atoms with Crippen LogP contribution in [0.2, 0.25) is 0 Å². The molecule has 10 heavy (non-hydrogen) atoms. The van der Waals surface area contributed by atoms with Gasteiger partial charge in [-0.25, -0.2) is 0 Å². The lowest BCUT2D eigenvalue weighted by molar-refractivity contribution is -0.303. The molecule has 0 aromatic heterocycles. The number of hydrogen-bond donors (Lipinski definition) is 0. The zero-order valence-corrected chi connectivity index (χ0v) is 6.37. The summed E-state index contributed by atoms with van der Waals surface area (Å²) in [4.78, 5) is 4.95. The molecule has 4 heteroatoms. The second-order valence-electron chi connectivity index (χ2n) is 2.14. The first-order valence-corrected chi connectivity index (χ1v) is 3.29. The molecule has 0 N–H and O–H groups in total. The van der Waals surface area contributed by atoms with Gasteiger partial charge >= 0.3 is 0 Å². The minimum absolute atomic E-state index is 0.102. The monoisotopic (exact) mass is 147 g/mol. The van der Waals surface area contributed by atoms with Crippen LogP contribution in [0.4, 0.5) is 0 Å². The van der Waals surface area contributed by atoms with Gasteiger partial charge in [0, 0.05) is 20.1 Å². The van der Waals surface area contributed by atoms with Crippen LogP contribution in [0.3, 0.4) is 0 Å². The van der Waals surface area contributed by atoms with Gasteiger partial charge in [0.05, 0.1) is 7.11 Å². The number of nitrogens with zero attached hydrogens (tertiary/aromatic N) is 1. The number of hydroxylamine groups is 2. The normalized spacial score (nSPS) is 26.4. The standard InChI is InChI=1S/C6H13NO3/c1-8-5-10-6-3-4-7(6)9-2/h6H,3-5H2,1-2H3. The molecule has 60 valence electrons. The van der Waals surface area contributed by atoms with E-state index in [0.29, 0.717) is 6.79 Å². The van der Waals surface area contributed by atoms with E-state index in [1.165, 1.54) is 0 Å². The zero-order chi connectivity index (χ0) is 7.40. The first-order valence-electron chi connectivity index (χ1n) is 3.29. The highest BCUT2D eigenvalue weighted by Crippen LogP contribution is 2.17. The minimum Gasteiger partial charge on any atom is -0.359 e. The smallest absolute Gasteiger partial charge is 0.148 e. The van der Waals surface area contributed by atoms with Crippen molar-refractivity contribution in [3.63, 3.8) is 0 Å². The van der Waals surface area contributed by atoms with Gasteiger partial charge in [-0.1, -0.05) is 0 Å². The van der Waals surface area contributed by atoms with Crippen molar-refractivity contribution in [1.82, 2.24) is 5.06 Å². The first kappa shape index (κ1) is 7.94. The average molecular weight is 147 g/mol. The Balaban J connectivity index is 2.05. The van der Waals surface area contributed by atoms with E-state index in [9.17, 15) is 0 Å². The van der Waals surface area contributed by atoms with Crippen LogP contribution in [-0.4, -0.2) is 38.8 Å². The van der Waals surface area contributed by atoms with Gasteiger partial charge in [0.25, 0.3) is 0 Å². The van der Waals surface area contributed by atoms with Gasteiger partial charge in [0.15, 0.2) is 0 Å². The molecule has 1 fully saturated rings. The Bertz CT molecular complexity index is 97.0. The molecule has 0 amide bonds. The Morgan fingerprint density at radius 2 is 2.30 bits per heavy atom. The summed E-state index contributed by atoms with van der Waals surface area (Å²) in [6.45, 7) is 1.29. The molecule has 0 aromatic carbocycles. The summed E-state index contributed by atoms with van der Waals surface area (Å²) in [6.07, 6.45) is 1.13. The van der Waals surface area contributed by atoms with Crippen LogP contribution in [0.5, 0.6) is 0 Å². The van der Waals surface area contributed by atoms with Crippen molar-refractivity contribution in [2.45, 2.75) is 12.6 Å². The Kier molecular flexibility index (Phi) is 3.08. The van der Waals surface area contributed by atoms with Crippen molar-refractivity contribution in [3.8, 4) is 0 Å². The Labute approximate surface area is 60.6 Å². The summed E-state index contributed by atoms with van der Waals surface area (Å²) in [6, 6.07) is 0. The molecule has 1 unspecified atom stereocenters. The summed E-state index contributed by atoms with van der Waals surface area (Å²) >= 11 is 0. The first-order chi connectivity index (χ1) is 4.88. The van der Waals surface area contributed by atoms with Gasteiger partial charge in [-0.05, 0) is 0 Å². The molecule has 1 rings (SSSR count). The lowest BCUT2D eigenvalue weighted by Crippen LogP contribution is -2.48. The third-order valence-corrected chi connectivity index (χ3v) is 1.53. The Morgan fingerprint density at radius 1 is 1.50 bits per heavy atom. The third-order valence-electron chi connectivity index (χ3n) is 1.53. The van der Waals surface area contributed by atoms with Crippen molar-refractivity contribution < 1.29 is 14.3 Å². The molecule has 1 aliphatic heterocycles. The third kappa shape index (κ3) is 1.67. The second kappa shape index (κ2) is 3.88. The van der Waals surface area contributed by atoms with Crippen LogP contribution in [0.1, 0.15) is 6.42 Å². The maximum atomic E-state index is 5.21. The van der Waals surface area contributed by atoms with Crippen molar-refractivity contribution >= 4 is 0 Å². The van der Waals surface area contributed by atoms with E-state index < -0.39 is 0 Å². The van der Waals surface area contributed by atoms with Gasteiger partial charge in [-0.15, -0.1) is 0 Å². The SMILES string of the molecule is COCOC1CCN1OC. The number of rotatable bonds is 4. The summed E-state index contributed by atoms with van der Waals surface area (Å²) in [5.74, 6) is 0. The molecule has 0 aromatic rings. The van der Waals surface area contributed by atoms with Gasteiger partial charge in [0.2, 0.25) is 0 Å². The summed E-state index contributed by atoms with van der Waals surface area (Å²) in [7, 11) is 3.25. The molecular weight excluding hydrogens is 134 g/mol. The molecule has 0 bridgehead atoms. The number of methoxy groups -OCH3 is 1. The predicted octanol–water partition coefficient (Wildman–Crippen LogP) is 0.200. The quantitative estimate of drug-likeness (QED) is 0.531. The van der Waals surface area contributed by atoms with Crippen molar-refractivity contribution in [2.75, 3.05) is 27.6 Å². The highest BCUT2D eigenvalue weighted by molar-refractivity contribution is 4.66. The molecule has 1 aliphatic rings. The fourth-order valence-electron chi connectivity index (χ4n) is 0.862. The van der Waals surface area contributed by atoms with E-state index in [-0.39, 0.29) is 6.23 Å². The minimum atomic E-state index is 0.102.